The summed E-state index contributed by atoms with van der Waals surface area (Å²) < 4.78 is 12.3. The molecule has 6 nitrogen and oxygen atoms in total. The van der Waals surface area contributed by atoms with Gasteiger partial charge in [0.2, 0.25) is 0 Å². The van der Waals surface area contributed by atoms with Gasteiger partial charge >= 0.3 is 0 Å². The van der Waals surface area contributed by atoms with Gasteiger partial charge in [-0.1, -0.05) is 54.6 Å². The van der Waals surface area contributed by atoms with Gasteiger partial charge in [0.05, 0.1) is 25.6 Å². The first kappa shape index (κ1) is 21.2. The first-order chi connectivity index (χ1) is 15.7. The standard InChI is InChI=1S/C26H25N3O3/c1-31-24-14-13-19(17-25(24)32-2)15-16-27-26(30)23-18-22(20-9-5-3-6-10-20)28-29(23)21-11-7-4-8-12-21/h3-14,17-18H,15-16H2,1-2H3,(H,27,30). The topological polar surface area (TPSA) is 65.4 Å². The molecule has 3 aromatic carbocycles. The van der Waals surface area contributed by atoms with E-state index < -0.39 is 0 Å². The van der Waals surface area contributed by atoms with E-state index in [9.17, 15) is 4.79 Å². The maximum absolute atomic E-state index is 13.1. The minimum atomic E-state index is -0.177. The quantitative estimate of drug-likeness (QED) is 0.449. The van der Waals surface area contributed by atoms with Crippen LogP contribution >= 0.6 is 0 Å². The number of rotatable bonds is 8. The molecular weight excluding hydrogens is 402 g/mol. The van der Waals surface area contributed by atoms with E-state index in [1.165, 1.54) is 0 Å². The lowest BCUT2D eigenvalue weighted by atomic mass is 10.1. The third-order valence-corrected chi connectivity index (χ3v) is 5.16. The Bertz CT molecular complexity index is 1190. The number of carbonyl (C=O) groups excluding carboxylic acids is 1. The third-order valence-electron chi connectivity index (χ3n) is 5.16. The first-order valence-corrected chi connectivity index (χ1v) is 10.4. The number of carbonyl (C=O) groups is 1. The Labute approximate surface area is 187 Å². The minimum absolute atomic E-state index is 0.177. The molecule has 6 heteroatoms. The number of nitrogens with one attached hydrogen (secondary N) is 1. The van der Waals surface area contributed by atoms with Crippen LogP contribution in [0.3, 0.4) is 0 Å². The number of para-hydroxylation sites is 1. The highest BCUT2D eigenvalue weighted by Crippen LogP contribution is 2.27. The molecule has 0 bridgehead atoms. The Morgan fingerprint density at radius 3 is 2.25 bits per heavy atom. The molecular formula is C26H25N3O3. The molecule has 0 atom stereocenters. The first-order valence-electron chi connectivity index (χ1n) is 10.4. The maximum atomic E-state index is 13.1. The monoisotopic (exact) mass is 427 g/mol. The summed E-state index contributed by atoms with van der Waals surface area (Å²) in [6.07, 6.45) is 0.664. The largest absolute Gasteiger partial charge is 0.493 e. The molecule has 1 aromatic heterocycles. The van der Waals surface area contributed by atoms with E-state index >= 15 is 0 Å². The third kappa shape index (κ3) is 4.64. The molecule has 0 saturated carbocycles. The molecule has 0 unspecified atom stereocenters. The van der Waals surface area contributed by atoms with E-state index in [1.54, 1.807) is 18.9 Å². The second-order valence-corrected chi connectivity index (χ2v) is 7.22. The van der Waals surface area contributed by atoms with Crippen molar-refractivity contribution in [2.24, 2.45) is 0 Å². The Balaban J connectivity index is 1.53. The SMILES string of the molecule is COc1ccc(CCNC(=O)c2cc(-c3ccccc3)nn2-c2ccccc2)cc1OC. The average molecular weight is 428 g/mol. The van der Waals surface area contributed by atoms with Crippen LogP contribution in [-0.2, 0) is 6.42 Å². The van der Waals surface area contributed by atoms with Gasteiger partial charge in [-0.25, -0.2) is 4.68 Å². The molecule has 1 heterocycles. The van der Waals surface area contributed by atoms with Crippen molar-refractivity contribution in [2.45, 2.75) is 6.42 Å². The summed E-state index contributed by atoms with van der Waals surface area (Å²) >= 11 is 0. The smallest absolute Gasteiger partial charge is 0.270 e. The zero-order valence-corrected chi connectivity index (χ0v) is 18.1. The lowest BCUT2D eigenvalue weighted by molar-refractivity contribution is 0.0946. The summed E-state index contributed by atoms with van der Waals surface area (Å²) in [6.45, 7) is 0.481. The normalized spacial score (nSPS) is 10.6. The molecule has 0 fully saturated rings. The predicted octanol–water partition coefficient (Wildman–Crippen LogP) is 4.53. The van der Waals surface area contributed by atoms with Crippen LogP contribution in [0.5, 0.6) is 11.5 Å². The summed E-state index contributed by atoms with van der Waals surface area (Å²) in [7, 11) is 3.22. The van der Waals surface area contributed by atoms with Gasteiger partial charge in [-0.3, -0.25) is 4.79 Å². The molecule has 0 aliphatic carbocycles. The predicted molar refractivity (Wildman–Crippen MR) is 125 cm³/mol. The number of nitrogens with zero attached hydrogens (tertiary/aromatic N) is 2. The van der Waals surface area contributed by atoms with Crippen LogP contribution in [0, 0.1) is 0 Å². The summed E-state index contributed by atoms with van der Waals surface area (Å²) in [5.41, 5.74) is 4.08. The minimum Gasteiger partial charge on any atom is -0.493 e. The fourth-order valence-corrected chi connectivity index (χ4v) is 3.51. The molecule has 32 heavy (non-hydrogen) atoms. The highest BCUT2D eigenvalue weighted by atomic mass is 16.5. The van der Waals surface area contributed by atoms with E-state index in [0.29, 0.717) is 30.2 Å². The van der Waals surface area contributed by atoms with Crippen molar-refractivity contribution in [2.75, 3.05) is 20.8 Å². The van der Waals surface area contributed by atoms with Gasteiger partial charge in [-0.15, -0.1) is 0 Å². The number of amides is 1. The van der Waals surface area contributed by atoms with Crippen molar-refractivity contribution >= 4 is 5.91 Å². The van der Waals surface area contributed by atoms with Crippen molar-refractivity contribution in [3.05, 3.63) is 96.2 Å². The molecule has 1 amide bonds. The van der Waals surface area contributed by atoms with E-state index in [4.69, 9.17) is 14.6 Å². The molecule has 0 radical (unpaired) electrons. The summed E-state index contributed by atoms with van der Waals surface area (Å²) in [5.74, 6) is 1.18. The van der Waals surface area contributed by atoms with Crippen molar-refractivity contribution in [3.8, 4) is 28.4 Å². The number of methoxy groups -OCH3 is 2. The van der Waals surface area contributed by atoms with Gasteiger partial charge in [0, 0.05) is 12.1 Å². The van der Waals surface area contributed by atoms with Crippen LogP contribution in [0.1, 0.15) is 16.1 Å². The molecule has 1 N–H and O–H groups in total. The lowest BCUT2D eigenvalue weighted by Crippen LogP contribution is -2.27. The molecule has 4 aromatic rings. The Morgan fingerprint density at radius 2 is 1.56 bits per heavy atom. The lowest BCUT2D eigenvalue weighted by Gasteiger charge is -2.11. The highest BCUT2D eigenvalue weighted by molar-refractivity contribution is 5.94. The van der Waals surface area contributed by atoms with Gasteiger partial charge in [-0.2, -0.15) is 5.10 Å². The zero-order chi connectivity index (χ0) is 22.3. The number of ether oxygens (including phenoxy) is 2. The highest BCUT2D eigenvalue weighted by Gasteiger charge is 2.17. The van der Waals surface area contributed by atoms with Crippen LogP contribution in [-0.4, -0.2) is 36.5 Å². The van der Waals surface area contributed by atoms with E-state index in [0.717, 1.165) is 22.5 Å². The fraction of sp³-hybridized carbons (Fsp3) is 0.154. The van der Waals surface area contributed by atoms with Crippen LogP contribution in [0.25, 0.3) is 16.9 Å². The second kappa shape index (κ2) is 9.83. The molecule has 0 aliphatic heterocycles. The van der Waals surface area contributed by atoms with Crippen LogP contribution in [0.15, 0.2) is 84.9 Å². The maximum Gasteiger partial charge on any atom is 0.270 e. The van der Waals surface area contributed by atoms with E-state index in [2.05, 4.69) is 5.32 Å². The number of hydrogen-bond acceptors (Lipinski definition) is 4. The number of benzene rings is 3. The Morgan fingerprint density at radius 1 is 0.875 bits per heavy atom. The van der Waals surface area contributed by atoms with Crippen molar-refractivity contribution in [1.29, 1.82) is 0 Å². The molecule has 0 aliphatic rings. The fourth-order valence-electron chi connectivity index (χ4n) is 3.51. The summed E-state index contributed by atoms with van der Waals surface area (Å²) in [6, 6.07) is 27.1. The Kier molecular flexibility index (Phi) is 6.51. The summed E-state index contributed by atoms with van der Waals surface area (Å²) in [5, 5.41) is 7.72. The number of hydrogen-bond donors (Lipinski definition) is 1. The number of aromatic nitrogens is 2. The molecule has 162 valence electrons. The van der Waals surface area contributed by atoms with Crippen molar-refractivity contribution in [3.63, 3.8) is 0 Å². The summed E-state index contributed by atoms with van der Waals surface area (Å²) in [4.78, 5) is 13.1. The van der Waals surface area contributed by atoms with Crippen LogP contribution < -0.4 is 14.8 Å². The molecule has 0 spiro atoms. The van der Waals surface area contributed by atoms with Crippen molar-refractivity contribution < 1.29 is 14.3 Å². The van der Waals surface area contributed by atoms with Gasteiger partial charge in [0.15, 0.2) is 11.5 Å². The van der Waals surface area contributed by atoms with Gasteiger partial charge < -0.3 is 14.8 Å². The second-order valence-electron chi connectivity index (χ2n) is 7.22. The van der Waals surface area contributed by atoms with Gasteiger partial charge in [0.1, 0.15) is 5.69 Å². The molecule has 4 rings (SSSR count). The Hall–Kier alpha value is -4.06. The van der Waals surface area contributed by atoms with Crippen LogP contribution in [0.2, 0.25) is 0 Å². The zero-order valence-electron chi connectivity index (χ0n) is 18.1. The van der Waals surface area contributed by atoms with E-state index in [1.807, 2.05) is 84.9 Å². The van der Waals surface area contributed by atoms with Crippen LogP contribution in [0.4, 0.5) is 0 Å². The average Bonchev–Trinajstić information content (AvgIpc) is 3.31. The van der Waals surface area contributed by atoms with Gasteiger partial charge in [-0.05, 0) is 42.3 Å². The molecule has 0 saturated heterocycles. The van der Waals surface area contributed by atoms with Gasteiger partial charge in [0.25, 0.3) is 5.91 Å². The van der Waals surface area contributed by atoms with E-state index in [-0.39, 0.29) is 5.91 Å². The van der Waals surface area contributed by atoms with Crippen molar-refractivity contribution in [1.82, 2.24) is 15.1 Å².